The summed E-state index contributed by atoms with van der Waals surface area (Å²) in [6.07, 6.45) is 0.644. The molecule has 8 heteroatoms. The predicted molar refractivity (Wildman–Crippen MR) is 128 cm³/mol. The summed E-state index contributed by atoms with van der Waals surface area (Å²) < 4.78 is 14.1. The van der Waals surface area contributed by atoms with Crippen molar-refractivity contribution in [3.8, 4) is 10.4 Å². The number of aromatic nitrogens is 3. The molecule has 32 heavy (non-hydrogen) atoms. The minimum Gasteiger partial charge on any atom is -0.340 e. The van der Waals surface area contributed by atoms with E-state index in [4.69, 9.17) is 4.98 Å². The lowest BCUT2D eigenvalue weighted by molar-refractivity contribution is 0.0728. The number of rotatable bonds is 3. The molecule has 5 nitrogen and oxygen atoms in total. The van der Waals surface area contributed by atoms with Gasteiger partial charge >= 0.3 is 0 Å². The van der Waals surface area contributed by atoms with E-state index in [0.29, 0.717) is 23.1 Å². The third-order valence-corrected chi connectivity index (χ3v) is 7.31. The molecule has 0 saturated carbocycles. The van der Waals surface area contributed by atoms with E-state index in [-0.39, 0.29) is 17.8 Å². The summed E-state index contributed by atoms with van der Waals surface area (Å²) in [7, 11) is 0. The highest BCUT2D eigenvalue weighted by atomic mass is 79.9. The number of imidazole rings is 1. The Morgan fingerprint density at radius 2 is 2.09 bits per heavy atom. The summed E-state index contributed by atoms with van der Waals surface area (Å²) in [5.41, 5.74) is 5.04. The van der Waals surface area contributed by atoms with Crippen molar-refractivity contribution in [1.82, 2.24) is 19.9 Å². The molecule has 1 aliphatic heterocycles. The number of halogens is 2. The molecule has 1 atom stereocenters. The highest BCUT2D eigenvalue weighted by Crippen LogP contribution is 2.38. The number of fused-ring (bicyclic) bond motifs is 1. The molecular weight excluding hydrogens is 491 g/mol. The van der Waals surface area contributed by atoms with E-state index in [0.717, 1.165) is 43.4 Å². The van der Waals surface area contributed by atoms with Crippen LogP contribution in [0, 0.1) is 19.7 Å². The van der Waals surface area contributed by atoms with Gasteiger partial charge in [0.25, 0.3) is 5.91 Å². The van der Waals surface area contributed by atoms with Crippen molar-refractivity contribution in [1.29, 1.82) is 0 Å². The lowest BCUT2D eigenvalue weighted by Crippen LogP contribution is -2.31. The van der Waals surface area contributed by atoms with Crippen LogP contribution in [0.4, 0.5) is 4.39 Å². The van der Waals surface area contributed by atoms with Crippen molar-refractivity contribution in [3.63, 3.8) is 0 Å². The van der Waals surface area contributed by atoms with Crippen LogP contribution >= 0.6 is 27.3 Å². The number of nitrogens with one attached hydrogen (secondary N) is 1. The average Bonchev–Trinajstić information content (AvgIpc) is 3.46. The molecule has 2 aromatic heterocycles. The fourth-order valence-corrected chi connectivity index (χ4v) is 5.44. The number of H-pyrrole nitrogens is 1. The Kier molecular flexibility index (Phi) is 5.22. The number of hydrogen-bond acceptors (Lipinski definition) is 4. The van der Waals surface area contributed by atoms with Gasteiger partial charge in [-0.25, -0.2) is 14.4 Å². The molecule has 3 heterocycles. The molecule has 1 amide bonds. The van der Waals surface area contributed by atoms with Gasteiger partial charge in [0, 0.05) is 6.54 Å². The van der Waals surface area contributed by atoms with Gasteiger partial charge in [-0.1, -0.05) is 30.4 Å². The van der Waals surface area contributed by atoms with Crippen molar-refractivity contribution in [2.45, 2.75) is 26.3 Å². The SMILES string of the molecule is C=C1C[C@@H](c2nc3c(C)cccc3[nH]2)N(C(=O)c2nc(C)sc2-c2ccc(F)c(Br)c2)C1. The van der Waals surface area contributed by atoms with E-state index in [1.165, 1.54) is 17.4 Å². The number of para-hydroxylation sites is 1. The molecule has 5 rings (SSSR count). The van der Waals surface area contributed by atoms with E-state index in [2.05, 4.69) is 32.5 Å². The molecule has 0 radical (unpaired) electrons. The van der Waals surface area contributed by atoms with Crippen LogP contribution in [0.3, 0.4) is 0 Å². The van der Waals surface area contributed by atoms with Crippen molar-refractivity contribution in [3.05, 3.63) is 80.9 Å². The monoisotopic (exact) mass is 510 g/mol. The molecular formula is C24H20BrFN4OS. The van der Waals surface area contributed by atoms with Crippen LogP contribution in [-0.2, 0) is 0 Å². The zero-order chi connectivity index (χ0) is 22.6. The third-order valence-electron chi connectivity index (χ3n) is 5.68. The first-order valence-electron chi connectivity index (χ1n) is 10.2. The van der Waals surface area contributed by atoms with Gasteiger partial charge in [-0.3, -0.25) is 4.79 Å². The number of amides is 1. The van der Waals surface area contributed by atoms with Gasteiger partial charge in [0.15, 0.2) is 0 Å². The number of carbonyl (C=O) groups is 1. The van der Waals surface area contributed by atoms with Crippen LogP contribution in [0.15, 0.2) is 53.0 Å². The number of nitrogens with zero attached hydrogens (tertiary/aromatic N) is 3. The second kappa shape index (κ2) is 7.94. The molecule has 162 valence electrons. The zero-order valence-electron chi connectivity index (χ0n) is 17.6. The molecule has 0 unspecified atom stereocenters. The summed E-state index contributed by atoms with van der Waals surface area (Å²) >= 11 is 4.66. The molecule has 1 fully saturated rings. The lowest BCUT2D eigenvalue weighted by Gasteiger charge is -2.22. The van der Waals surface area contributed by atoms with Crippen molar-refractivity contribution in [2.75, 3.05) is 6.54 Å². The van der Waals surface area contributed by atoms with Crippen molar-refractivity contribution < 1.29 is 9.18 Å². The largest absolute Gasteiger partial charge is 0.340 e. The topological polar surface area (TPSA) is 61.9 Å². The summed E-state index contributed by atoms with van der Waals surface area (Å²) in [5, 5.41) is 0.776. The maximum Gasteiger partial charge on any atom is 0.274 e. The van der Waals surface area contributed by atoms with Crippen LogP contribution in [-0.4, -0.2) is 32.3 Å². The van der Waals surface area contributed by atoms with Gasteiger partial charge in [0.05, 0.1) is 31.4 Å². The number of benzene rings is 2. The molecule has 1 saturated heterocycles. The number of hydrogen-bond donors (Lipinski definition) is 1. The van der Waals surface area contributed by atoms with Crippen LogP contribution in [0.1, 0.15) is 39.3 Å². The predicted octanol–water partition coefficient (Wildman–Crippen LogP) is 6.35. The van der Waals surface area contributed by atoms with Gasteiger partial charge < -0.3 is 9.88 Å². The highest BCUT2D eigenvalue weighted by Gasteiger charge is 2.37. The van der Waals surface area contributed by atoms with E-state index in [1.54, 1.807) is 17.0 Å². The zero-order valence-corrected chi connectivity index (χ0v) is 20.0. The Bertz CT molecular complexity index is 1390. The number of aryl methyl sites for hydroxylation is 2. The number of likely N-dealkylation sites (tertiary alicyclic amines) is 1. The van der Waals surface area contributed by atoms with E-state index < -0.39 is 0 Å². The van der Waals surface area contributed by atoms with E-state index in [1.807, 2.05) is 32.0 Å². The van der Waals surface area contributed by atoms with Crippen LogP contribution < -0.4 is 0 Å². The number of carbonyl (C=O) groups excluding carboxylic acids is 1. The van der Waals surface area contributed by atoms with Gasteiger partial charge in [-0.05, 0) is 65.5 Å². The van der Waals surface area contributed by atoms with Gasteiger partial charge in [0.2, 0.25) is 0 Å². The quantitative estimate of drug-likeness (QED) is 0.326. The fourth-order valence-electron chi connectivity index (χ4n) is 4.15. The smallest absolute Gasteiger partial charge is 0.274 e. The standard InChI is InChI=1S/C24H20BrFN4OS/c1-12-9-19(23-28-18-6-4-5-13(2)20(18)29-23)30(11-12)24(31)21-22(32-14(3)27-21)15-7-8-17(26)16(25)10-15/h4-8,10,19H,1,9,11H2,2-3H3,(H,28,29)/t19-/m0/s1. The van der Waals surface area contributed by atoms with Gasteiger partial charge in [-0.2, -0.15) is 0 Å². The second-order valence-corrected chi connectivity index (χ2v) is 10.1. The Morgan fingerprint density at radius 1 is 1.28 bits per heavy atom. The van der Waals surface area contributed by atoms with Crippen molar-refractivity contribution >= 4 is 44.2 Å². The summed E-state index contributed by atoms with van der Waals surface area (Å²) in [5.74, 6) is 0.226. The molecule has 0 aliphatic carbocycles. The first-order chi connectivity index (χ1) is 15.3. The fraction of sp³-hybridized carbons (Fsp3) is 0.208. The first kappa shape index (κ1) is 21.0. The third kappa shape index (κ3) is 3.57. The molecule has 4 aromatic rings. The Morgan fingerprint density at radius 3 is 2.84 bits per heavy atom. The Hall–Kier alpha value is -2.84. The summed E-state index contributed by atoms with van der Waals surface area (Å²) in [4.78, 5) is 29.0. The van der Waals surface area contributed by atoms with Gasteiger partial charge in [0.1, 0.15) is 17.3 Å². The van der Waals surface area contributed by atoms with E-state index in [9.17, 15) is 9.18 Å². The maximum absolute atomic E-state index is 13.8. The maximum atomic E-state index is 13.8. The Labute approximate surface area is 197 Å². The highest BCUT2D eigenvalue weighted by molar-refractivity contribution is 9.10. The van der Waals surface area contributed by atoms with Crippen LogP contribution in [0.5, 0.6) is 0 Å². The van der Waals surface area contributed by atoms with E-state index >= 15 is 0 Å². The van der Waals surface area contributed by atoms with Crippen LogP contribution in [0.2, 0.25) is 0 Å². The molecule has 2 aromatic carbocycles. The average molecular weight is 511 g/mol. The normalized spacial score (nSPS) is 16.3. The van der Waals surface area contributed by atoms with Gasteiger partial charge in [-0.15, -0.1) is 11.3 Å². The van der Waals surface area contributed by atoms with Crippen LogP contribution in [0.25, 0.3) is 21.5 Å². The minimum absolute atomic E-state index is 0.175. The lowest BCUT2D eigenvalue weighted by atomic mass is 10.1. The minimum atomic E-state index is -0.348. The summed E-state index contributed by atoms with van der Waals surface area (Å²) in [6.45, 7) is 8.47. The Balaban J connectivity index is 1.55. The second-order valence-electron chi connectivity index (χ2n) is 8.04. The first-order valence-corrected chi connectivity index (χ1v) is 11.8. The molecule has 1 aliphatic rings. The van der Waals surface area contributed by atoms with Crippen molar-refractivity contribution in [2.24, 2.45) is 0 Å². The summed E-state index contributed by atoms with van der Waals surface area (Å²) in [6, 6.07) is 10.5. The number of thiazole rings is 1. The molecule has 0 spiro atoms. The molecule has 0 bridgehead atoms. The number of aromatic amines is 1. The molecule has 1 N–H and O–H groups in total.